The SMILES string of the molecule is Cc1cc(C)c(NC(=O)CNC(=O)CSc2nnc(-c3sc(C)nc3C)o2)c(C)c1. The first-order valence-electron chi connectivity index (χ1n) is 9.28. The molecule has 0 radical (unpaired) electrons. The van der Waals surface area contributed by atoms with E-state index in [1.54, 1.807) is 0 Å². The molecule has 1 aromatic carbocycles. The van der Waals surface area contributed by atoms with E-state index in [9.17, 15) is 9.59 Å². The smallest absolute Gasteiger partial charge is 0.277 e. The van der Waals surface area contributed by atoms with Crippen LogP contribution in [0.1, 0.15) is 27.4 Å². The van der Waals surface area contributed by atoms with Crippen molar-refractivity contribution in [1.82, 2.24) is 20.5 Å². The summed E-state index contributed by atoms with van der Waals surface area (Å²) in [5.41, 5.74) is 4.72. The van der Waals surface area contributed by atoms with Crippen molar-refractivity contribution in [1.29, 1.82) is 0 Å². The summed E-state index contributed by atoms with van der Waals surface area (Å²) in [5.74, 6) is -0.112. The number of carbonyl (C=O) groups excluding carboxylic acids is 2. The van der Waals surface area contributed by atoms with Crippen LogP contribution in [0.4, 0.5) is 5.69 Å². The van der Waals surface area contributed by atoms with Crippen molar-refractivity contribution in [3.8, 4) is 10.8 Å². The number of hydrogen-bond acceptors (Lipinski definition) is 8. The third-order valence-corrected chi connectivity index (χ3v) is 6.10. The van der Waals surface area contributed by atoms with Gasteiger partial charge >= 0.3 is 0 Å². The van der Waals surface area contributed by atoms with E-state index in [1.165, 1.54) is 11.3 Å². The number of aromatic nitrogens is 3. The molecule has 8 nitrogen and oxygen atoms in total. The Morgan fingerprint density at radius 2 is 1.77 bits per heavy atom. The van der Waals surface area contributed by atoms with Crippen LogP contribution in [0.3, 0.4) is 0 Å². The predicted molar refractivity (Wildman–Crippen MR) is 118 cm³/mol. The lowest BCUT2D eigenvalue weighted by Gasteiger charge is -2.13. The number of amides is 2. The predicted octanol–water partition coefficient (Wildman–Crippen LogP) is 3.58. The third kappa shape index (κ3) is 5.45. The second kappa shape index (κ2) is 9.40. The number of thioether (sulfide) groups is 1. The second-order valence-electron chi connectivity index (χ2n) is 6.91. The lowest BCUT2D eigenvalue weighted by atomic mass is 10.1. The molecule has 0 bridgehead atoms. The number of nitrogens with zero attached hydrogens (tertiary/aromatic N) is 3. The van der Waals surface area contributed by atoms with Crippen molar-refractivity contribution in [2.75, 3.05) is 17.6 Å². The van der Waals surface area contributed by atoms with Gasteiger partial charge in [-0.25, -0.2) is 4.98 Å². The molecule has 0 saturated carbocycles. The van der Waals surface area contributed by atoms with Crippen molar-refractivity contribution < 1.29 is 14.0 Å². The van der Waals surface area contributed by atoms with Gasteiger partial charge in [-0.15, -0.1) is 21.5 Å². The van der Waals surface area contributed by atoms with Crippen molar-refractivity contribution in [2.24, 2.45) is 0 Å². The van der Waals surface area contributed by atoms with Crippen molar-refractivity contribution in [2.45, 2.75) is 39.8 Å². The van der Waals surface area contributed by atoms with Crippen molar-refractivity contribution >= 4 is 40.6 Å². The van der Waals surface area contributed by atoms with Gasteiger partial charge in [0.1, 0.15) is 4.88 Å². The van der Waals surface area contributed by atoms with Crippen LogP contribution in [0, 0.1) is 34.6 Å². The number of hydrogen-bond donors (Lipinski definition) is 2. The molecule has 2 heterocycles. The van der Waals surface area contributed by atoms with Gasteiger partial charge in [-0.3, -0.25) is 9.59 Å². The second-order valence-corrected chi connectivity index (χ2v) is 9.04. The minimum Gasteiger partial charge on any atom is -0.410 e. The summed E-state index contributed by atoms with van der Waals surface area (Å²) in [5, 5.41) is 14.7. The zero-order valence-electron chi connectivity index (χ0n) is 17.5. The zero-order valence-corrected chi connectivity index (χ0v) is 19.1. The number of rotatable bonds is 7. The van der Waals surface area contributed by atoms with Gasteiger partial charge in [0.2, 0.25) is 11.8 Å². The molecular formula is C20H23N5O3S2. The first-order valence-corrected chi connectivity index (χ1v) is 11.1. The molecule has 0 aliphatic rings. The van der Waals surface area contributed by atoms with Gasteiger partial charge in [0.05, 0.1) is 23.0 Å². The summed E-state index contributed by atoms with van der Waals surface area (Å²) < 4.78 is 5.61. The van der Waals surface area contributed by atoms with Crippen LogP contribution in [0.5, 0.6) is 0 Å². The van der Waals surface area contributed by atoms with Crippen LogP contribution < -0.4 is 10.6 Å². The van der Waals surface area contributed by atoms with E-state index in [0.717, 1.165) is 49.7 Å². The molecule has 30 heavy (non-hydrogen) atoms. The summed E-state index contributed by atoms with van der Waals surface area (Å²) in [4.78, 5) is 29.4. The summed E-state index contributed by atoms with van der Waals surface area (Å²) in [7, 11) is 0. The maximum absolute atomic E-state index is 12.2. The molecule has 0 aliphatic heterocycles. The Morgan fingerprint density at radius 3 is 2.40 bits per heavy atom. The number of aryl methyl sites for hydroxylation is 5. The minimum absolute atomic E-state index is 0.0677. The molecular weight excluding hydrogens is 422 g/mol. The van der Waals surface area contributed by atoms with E-state index in [1.807, 2.05) is 46.8 Å². The zero-order chi connectivity index (χ0) is 21.8. The molecule has 0 saturated heterocycles. The van der Waals surface area contributed by atoms with Crippen molar-refractivity contribution in [3.05, 3.63) is 39.5 Å². The summed E-state index contributed by atoms with van der Waals surface area (Å²) in [6.07, 6.45) is 0. The van der Waals surface area contributed by atoms with Gasteiger partial charge < -0.3 is 15.1 Å². The first-order chi connectivity index (χ1) is 14.2. The quantitative estimate of drug-likeness (QED) is 0.535. The van der Waals surface area contributed by atoms with Gasteiger partial charge in [-0.1, -0.05) is 29.5 Å². The van der Waals surface area contributed by atoms with Crippen LogP contribution in [0.2, 0.25) is 0 Å². The lowest BCUT2D eigenvalue weighted by Crippen LogP contribution is -2.34. The Labute approximate surface area is 182 Å². The van der Waals surface area contributed by atoms with E-state index in [2.05, 4.69) is 25.8 Å². The maximum atomic E-state index is 12.2. The molecule has 2 aromatic heterocycles. The van der Waals surface area contributed by atoms with E-state index in [0.29, 0.717) is 11.1 Å². The highest BCUT2D eigenvalue weighted by Crippen LogP contribution is 2.30. The van der Waals surface area contributed by atoms with E-state index in [4.69, 9.17) is 4.42 Å². The summed E-state index contributed by atoms with van der Waals surface area (Å²) in [6, 6.07) is 4.01. The third-order valence-electron chi connectivity index (χ3n) is 4.22. The Hall–Kier alpha value is -2.72. The normalized spacial score (nSPS) is 10.8. The van der Waals surface area contributed by atoms with Gasteiger partial charge in [0.15, 0.2) is 0 Å². The maximum Gasteiger partial charge on any atom is 0.277 e. The van der Waals surface area contributed by atoms with Crippen LogP contribution in [0.25, 0.3) is 10.8 Å². The molecule has 0 fully saturated rings. The topological polar surface area (TPSA) is 110 Å². The molecule has 158 valence electrons. The highest BCUT2D eigenvalue weighted by molar-refractivity contribution is 7.99. The fourth-order valence-electron chi connectivity index (χ4n) is 3.01. The highest BCUT2D eigenvalue weighted by atomic mass is 32.2. The Morgan fingerprint density at radius 1 is 1.07 bits per heavy atom. The Bertz CT molecular complexity index is 1070. The monoisotopic (exact) mass is 445 g/mol. The van der Waals surface area contributed by atoms with E-state index < -0.39 is 0 Å². The molecule has 10 heteroatoms. The lowest BCUT2D eigenvalue weighted by molar-refractivity contribution is -0.122. The molecule has 3 rings (SSSR count). The summed E-state index contributed by atoms with van der Waals surface area (Å²) >= 11 is 2.60. The van der Waals surface area contributed by atoms with Crippen LogP contribution in [0.15, 0.2) is 21.8 Å². The summed E-state index contributed by atoms with van der Waals surface area (Å²) in [6.45, 7) is 9.58. The first kappa shape index (κ1) is 22.0. The average molecular weight is 446 g/mol. The number of nitrogens with one attached hydrogen (secondary N) is 2. The van der Waals surface area contributed by atoms with Gasteiger partial charge in [0, 0.05) is 5.69 Å². The average Bonchev–Trinajstić information content (AvgIpc) is 3.26. The van der Waals surface area contributed by atoms with Crippen molar-refractivity contribution in [3.63, 3.8) is 0 Å². The van der Waals surface area contributed by atoms with E-state index >= 15 is 0 Å². The molecule has 0 spiro atoms. The number of benzene rings is 1. The molecule has 0 atom stereocenters. The van der Waals surface area contributed by atoms with Crippen LogP contribution in [-0.4, -0.2) is 39.3 Å². The molecule has 2 N–H and O–H groups in total. The van der Waals surface area contributed by atoms with Gasteiger partial charge in [0.25, 0.3) is 11.1 Å². The highest BCUT2D eigenvalue weighted by Gasteiger charge is 2.16. The van der Waals surface area contributed by atoms with Gasteiger partial charge in [-0.05, 0) is 45.7 Å². The van der Waals surface area contributed by atoms with Crippen LogP contribution >= 0.6 is 23.1 Å². The number of carbonyl (C=O) groups is 2. The Kier molecular flexibility index (Phi) is 6.88. The van der Waals surface area contributed by atoms with Crippen LogP contribution in [-0.2, 0) is 9.59 Å². The standard InChI is InChI=1S/C20H23N5O3S2/c1-10-6-11(2)17(12(3)7-10)23-15(26)8-21-16(27)9-29-20-25-24-19(28-20)18-13(4)22-14(5)30-18/h6-7H,8-9H2,1-5H3,(H,21,27)(H,23,26). The van der Waals surface area contributed by atoms with Gasteiger partial charge in [-0.2, -0.15) is 0 Å². The molecule has 2 amide bonds. The molecule has 0 unspecified atom stereocenters. The fourth-order valence-corrected chi connectivity index (χ4v) is 4.44. The molecule has 0 aliphatic carbocycles. The molecule has 3 aromatic rings. The fraction of sp³-hybridized carbons (Fsp3) is 0.350. The largest absolute Gasteiger partial charge is 0.410 e. The minimum atomic E-state index is -0.294. The van der Waals surface area contributed by atoms with E-state index in [-0.39, 0.29) is 24.1 Å². The number of anilines is 1. The Balaban J connectivity index is 1.47. The number of thiazole rings is 1.